The molecule has 0 radical (unpaired) electrons. The molecular formula is C18H23ClN2OS. The number of rotatable bonds is 7. The quantitative estimate of drug-likeness (QED) is 0.793. The van der Waals surface area contributed by atoms with E-state index in [4.69, 9.17) is 0 Å². The zero-order valence-electron chi connectivity index (χ0n) is 13.4. The van der Waals surface area contributed by atoms with Crippen molar-refractivity contribution in [3.05, 3.63) is 60.2 Å². The minimum Gasteiger partial charge on any atom is -0.350 e. The number of benzene rings is 2. The molecule has 0 heterocycles. The highest BCUT2D eigenvalue weighted by atomic mass is 35.5. The Morgan fingerprint density at radius 1 is 1.09 bits per heavy atom. The molecule has 0 aromatic heterocycles. The summed E-state index contributed by atoms with van der Waals surface area (Å²) in [5, 5.41) is 6.28. The zero-order chi connectivity index (χ0) is 15.8. The van der Waals surface area contributed by atoms with Gasteiger partial charge in [-0.15, -0.1) is 12.4 Å². The summed E-state index contributed by atoms with van der Waals surface area (Å²) >= 11 is 1.61. The Morgan fingerprint density at radius 3 is 2.43 bits per heavy atom. The monoisotopic (exact) mass is 350 g/mol. The Morgan fingerprint density at radius 2 is 1.74 bits per heavy atom. The lowest BCUT2D eigenvalue weighted by Gasteiger charge is -2.14. The van der Waals surface area contributed by atoms with Crippen molar-refractivity contribution < 1.29 is 4.79 Å². The van der Waals surface area contributed by atoms with Gasteiger partial charge >= 0.3 is 0 Å². The number of carbonyl (C=O) groups excluding carboxylic acids is 1. The summed E-state index contributed by atoms with van der Waals surface area (Å²) in [6, 6.07) is 18.1. The van der Waals surface area contributed by atoms with E-state index in [0.717, 1.165) is 21.9 Å². The largest absolute Gasteiger partial charge is 0.350 e. The van der Waals surface area contributed by atoms with E-state index in [1.807, 2.05) is 54.6 Å². The summed E-state index contributed by atoms with van der Waals surface area (Å²) in [7, 11) is 0. The minimum absolute atomic E-state index is 0. The van der Waals surface area contributed by atoms with Crippen molar-refractivity contribution in [3.8, 4) is 0 Å². The molecule has 23 heavy (non-hydrogen) atoms. The zero-order valence-corrected chi connectivity index (χ0v) is 15.0. The van der Waals surface area contributed by atoms with Crippen LogP contribution in [-0.4, -0.2) is 25.0 Å². The van der Waals surface area contributed by atoms with E-state index < -0.39 is 0 Å². The molecule has 2 rings (SSSR count). The van der Waals surface area contributed by atoms with Gasteiger partial charge in [0.1, 0.15) is 0 Å². The Balaban J connectivity index is 0.00000264. The van der Waals surface area contributed by atoms with E-state index >= 15 is 0 Å². The lowest BCUT2D eigenvalue weighted by molar-refractivity contribution is 0.0947. The molecule has 1 amide bonds. The molecule has 0 spiro atoms. The first-order valence-corrected chi connectivity index (χ1v) is 8.36. The molecule has 0 aliphatic heterocycles. The second-order valence-electron chi connectivity index (χ2n) is 5.08. The average Bonchev–Trinajstić information content (AvgIpc) is 2.54. The first-order valence-electron chi connectivity index (χ1n) is 7.54. The highest BCUT2D eigenvalue weighted by molar-refractivity contribution is 7.99. The van der Waals surface area contributed by atoms with E-state index in [0.29, 0.717) is 6.54 Å². The first-order chi connectivity index (χ1) is 10.7. The van der Waals surface area contributed by atoms with Gasteiger partial charge in [-0.1, -0.05) is 49.0 Å². The molecule has 0 saturated carbocycles. The molecule has 0 aliphatic rings. The number of carbonyl (C=O) groups is 1. The lowest BCUT2D eigenvalue weighted by atomic mass is 10.2. The summed E-state index contributed by atoms with van der Waals surface area (Å²) in [6.45, 7) is 5.65. The summed E-state index contributed by atoms with van der Waals surface area (Å²) < 4.78 is 0. The normalized spacial score (nSPS) is 11.4. The van der Waals surface area contributed by atoms with Gasteiger partial charge in [-0.25, -0.2) is 0 Å². The number of likely N-dealkylation sites (N-methyl/N-ethyl adjacent to an activating group) is 1. The molecule has 0 bridgehead atoms. The van der Waals surface area contributed by atoms with Crippen molar-refractivity contribution in [1.29, 1.82) is 0 Å². The topological polar surface area (TPSA) is 41.1 Å². The summed E-state index contributed by atoms with van der Waals surface area (Å²) in [6.07, 6.45) is 0. The van der Waals surface area contributed by atoms with Gasteiger partial charge in [0.2, 0.25) is 0 Å². The third-order valence-corrected chi connectivity index (χ3v) is 4.31. The van der Waals surface area contributed by atoms with Crippen LogP contribution in [-0.2, 0) is 0 Å². The first kappa shape index (κ1) is 19.6. The molecule has 3 nitrogen and oxygen atoms in total. The molecule has 0 aliphatic carbocycles. The standard InChI is InChI=1S/C18H22N2OS.ClH/c1-3-19-14(2)13-20-18(21)16-11-7-8-12-17(16)22-15-9-5-4-6-10-15;/h4-12,14,19H,3,13H2,1-2H3,(H,20,21);1H/t14-;/m1./s1. The maximum atomic E-state index is 12.4. The summed E-state index contributed by atoms with van der Waals surface area (Å²) in [5.74, 6) is -0.0243. The van der Waals surface area contributed by atoms with Crippen LogP contribution >= 0.6 is 24.2 Å². The maximum absolute atomic E-state index is 12.4. The van der Waals surface area contributed by atoms with Gasteiger partial charge in [0.25, 0.3) is 5.91 Å². The van der Waals surface area contributed by atoms with Crippen molar-refractivity contribution in [1.82, 2.24) is 10.6 Å². The number of hydrogen-bond donors (Lipinski definition) is 2. The van der Waals surface area contributed by atoms with Gasteiger partial charge in [0, 0.05) is 22.4 Å². The van der Waals surface area contributed by atoms with Crippen molar-refractivity contribution >= 4 is 30.1 Å². The van der Waals surface area contributed by atoms with Crippen molar-refractivity contribution in [2.24, 2.45) is 0 Å². The van der Waals surface area contributed by atoms with Gasteiger partial charge in [0.05, 0.1) is 5.56 Å². The maximum Gasteiger partial charge on any atom is 0.252 e. The molecule has 2 aromatic rings. The van der Waals surface area contributed by atoms with E-state index in [9.17, 15) is 4.79 Å². The third kappa shape index (κ3) is 6.26. The Kier molecular flexibility index (Phi) is 8.77. The van der Waals surface area contributed by atoms with Crippen molar-refractivity contribution in [2.45, 2.75) is 29.7 Å². The van der Waals surface area contributed by atoms with E-state index in [-0.39, 0.29) is 24.4 Å². The molecule has 0 fully saturated rings. The molecule has 2 N–H and O–H groups in total. The van der Waals surface area contributed by atoms with Gasteiger partial charge < -0.3 is 10.6 Å². The summed E-state index contributed by atoms with van der Waals surface area (Å²) in [4.78, 5) is 14.5. The van der Waals surface area contributed by atoms with Crippen molar-refractivity contribution in [3.63, 3.8) is 0 Å². The van der Waals surface area contributed by atoms with Gasteiger partial charge in [-0.05, 0) is 37.7 Å². The Labute approximate surface area is 148 Å². The Bertz CT molecular complexity index is 607. The lowest BCUT2D eigenvalue weighted by Crippen LogP contribution is -2.38. The van der Waals surface area contributed by atoms with Crippen LogP contribution < -0.4 is 10.6 Å². The molecule has 5 heteroatoms. The molecule has 124 valence electrons. The van der Waals surface area contributed by atoms with Crippen LogP contribution in [0.1, 0.15) is 24.2 Å². The van der Waals surface area contributed by atoms with Crippen LogP contribution in [0, 0.1) is 0 Å². The van der Waals surface area contributed by atoms with Crippen molar-refractivity contribution in [2.75, 3.05) is 13.1 Å². The number of nitrogens with one attached hydrogen (secondary N) is 2. The molecule has 1 atom stereocenters. The number of hydrogen-bond acceptors (Lipinski definition) is 3. The Hall–Kier alpha value is -1.49. The van der Waals surface area contributed by atoms with Gasteiger partial charge in [-0.2, -0.15) is 0 Å². The molecular weight excluding hydrogens is 328 g/mol. The second kappa shape index (κ2) is 10.3. The fraction of sp³-hybridized carbons (Fsp3) is 0.278. The van der Waals surface area contributed by atoms with Crippen LogP contribution in [0.3, 0.4) is 0 Å². The van der Waals surface area contributed by atoms with Crippen LogP contribution in [0.5, 0.6) is 0 Å². The van der Waals surface area contributed by atoms with Crippen LogP contribution in [0.4, 0.5) is 0 Å². The predicted octanol–water partition coefficient (Wildman–Crippen LogP) is 3.99. The van der Waals surface area contributed by atoms with Gasteiger partial charge in [-0.3, -0.25) is 4.79 Å². The van der Waals surface area contributed by atoms with Crippen LogP contribution in [0.2, 0.25) is 0 Å². The van der Waals surface area contributed by atoms with Crippen LogP contribution in [0.25, 0.3) is 0 Å². The number of halogens is 1. The predicted molar refractivity (Wildman–Crippen MR) is 99.7 cm³/mol. The molecule has 2 aromatic carbocycles. The second-order valence-corrected chi connectivity index (χ2v) is 6.20. The summed E-state index contributed by atoms with van der Waals surface area (Å²) in [5.41, 5.74) is 0.722. The van der Waals surface area contributed by atoms with Crippen LogP contribution in [0.15, 0.2) is 64.4 Å². The smallest absolute Gasteiger partial charge is 0.252 e. The number of amides is 1. The van der Waals surface area contributed by atoms with E-state index in [1.54, 1.807) is 11.8 Å². The SMILES string of the molecule is CCN[C@H](C)CNC(=O)c1ccccc1Sc1ccccc1.Cl. The van der Waals surface area contributed by atoms with E-state index in [2.05, 4.69) is 24.5 Å². The van der Waals surface area contributed by atoms with E-state index in [1.165, 1.54) is 0 Å². The highest BCUT2D eigenvalue weighted by Crippen LogP contribution is 2.30. The fourth-order valence-electron chi connectivity index (χ4n) is 2.12. The fourth-order valence-corrected chi connectivity index (χ4v) is 3.08. The third-order valence-electron chi connectivity index (χ3n) is 3.22. The molecule has 0 saturated heterocycles. The molecule has 0 unspecified atom stereocenters. The average molecular weight is 351 g/mol. The minimum atomic E-state index is -0.0243. The highest BCUT2D eigenvalue weighted by Gasteiger charge is 2.12. The van der Waals surface area contributed by atoms with Gasteiger partial charge in [0.15, 0.2) is 0 Å².